The highest BCUT2D eigenvalue weighted by Gasteiger charge is 2.38. The highest BCUT2D eigenvalue weighted by atomic mass is 35.5. The maximum atomic E-state index is 13.4. The maximum Gasteiger partial charge on any atom is 0.344 e. The first-order valence-electron chi connectivity index (χ1n) is 11.3. The summed E-state index contributed by atoms with van der Waals surface area (Å²) in [6.07, 6.45) is 3.28. The van der Waals surface area contributed by atoms with Gasteiger partial charge < -0.3 is 14.0 Å². The molecule has 0 bridgehead atoms. The van der Waals surface area contributed by atoms with Crippen molar-refractivity contribution in [3.63, 3.8) is 0 Å². The van der Waals surface area contributed by atoms with Crippen molar-refractivity contribution in [1.82, 2.24) is 4.57 Å². The monoisotopic (exact) mass is 491 g/mol. The number of ether oxygens (including phenoxy) is 2. The van der Waals surface area contributed by atoms with Gasteiger partial charge in [0.15, 0.2) is 9.84 Å². The van der Waals surface area contributed by atoms with E-state index in [2.05, 4.69) is 0 Å². The topological polar surface area (TPSA) is 91.7 Å². The lowest BCUT2D eigenvalue weighted by atomic mass is 10.0. The largest absolute Gasteiger partial charge is 0.489 e. The molecule has 1 unspecified atom stereocenters. The molecule has 2 saturated carbocycles. The summed E-state index contributed by atoms with van der Waals surface area (Å²) in [5.41, 5.74) is 0.682. The minimum atomic E-state index is -3.74. The van der Waals surface area contributed by atoms with Gasteiger partial charge in [0.05, 0.1) is 33.6 Å². The second-order valence-corrected chi connectivity index (χ2v) is 11.9. The Balaban J connectivity index is 1.69. The van der Waals surface area contributed by atoms with Crippen LogP contribution in [-0.2, 0) is 20.3 Å². The van der Waals surface area contributed by atoms with Crippen LogP contribution in [0.1, 0.15) is 68.4 Å². The zero-order chi connectivity index (χ0) is 23.7. The van der Waals surface area contributed by atoms with Crippen molar-refractivity contribution in [3.8, 4) is 17.0 Å². The number of benzene rings is 1. The highest BCUT2D eigenvalue weighted by Crippen LogP contribution is 2.46. The summed E-state index contributed by atoms with van der Waals surface area (Å²) >= 11 is 6.53. The smallest absolute Gasteiger partial charge is 0.344 e. The van der Waals surface area contributed by atoms with Gasteiger partial charge in [-0.2, -0.15) is 0 Å². The lowest BCUT2D eigenvalue weighted by molar-refractivity contribution is 0.0375. The molecule has 1 aromatic carbocycles. The Morgan fingerprint density at radius 3 is 2.42 bits per heavy atom. The van der Waals surface area contributed by atoms with E-state index in [4.69, 9.17) is 21.1 Å². The third-order valence-electron chi connectivity index (χ3n) is 6.36. The zero-order valence-corrected chi connectivity index (χ0v) is 20.3. The molecule has 0 amide bonds. The number of hydrogen-bond donors (Lipinski definition) is 0. The van der Waals surface area contributed by atoms with Crippen LogP contribution >= 0.6 is 11.6 Å². The summed E-state index contributed by atoms with van der Waals surface area (Å²) < 4.78 is 39.3. The molecular weight excluding hydrogens is 466 g/mol. The van der Waals surface area contributed by atoms with Crippen LogP contribution in [0.4, 0.5) is 0 Å². The Bertz CT molecular complexity index is 1320. The van der Waals surface area contributed by atoms with Gasteiger partial charge in [-0.3, -0.25) is 4.79 Å². The van der Waals surface area contributed by atoms with Crippen LogP contribution in [0.5, 0.6) is 5.75 Å². The van der Waals surface area contributed by atoms with Gasteiger partial charge in [-0.1, -0.05) is 11.6 Å². The fourth-order valence-corrected chi connectivity index (χ4v) is 6.19. The number of halogens is 1. The number of sulfone groups is 1. The molecule has 0 spiro atoms. The van der Waals surface area contributed by atoms with Gasteiger partial charge in [0.25, 0.3) is 5.56 Å². The normalized spacial score (nSPS) is 19.5. The number of aromatic nitrogens is 1. The van der Waals surface area contributed by atoms with Crippen LogP contribution in [0.15, 0.2) is 27.9 Å². The van der Waals surface area contributed by atoms with E-state index >= 15 is 0 Å². The third kappa shape index (κ3) is 4.08. The van der Waals surface area contributed by atoms with Crippen molar-refractivity contribution < 1.29 is 22.7 Å². The van der Waals surface area contributed by atoms with Crippen molar-refractivity contribution in [3.05, 3.63) is 44.7 Å². The summed E-state index contributed by atoms with van der Waals surface area (Å²) in [5.74, 6) is -0.271. The molecule has 5 rings (SSSR count). The van der Waals surface area contributed by atoms with Crippen molar-refractivity contribution in [2.75, 3.05) is 0 Å². The van der Waals surface area contributed by atoms with Crippen LogP contribution in [0, 0.1) is 5.92 Å². The predicted molar refractivity (Wildman–Crippen MR) is 124 cm³/mol. The van der Waals surface area contributed by atoms with Crippen LogP contribution in [-0.4, -0.2) is 31.2 Å². The summed E-state index contributed by atoms with van der Waals surface area (Å²) in [5, 5.41) is 0.294. The number of rotatable bonds is 6. The molecule has 7 nitrogen and oxygen atoms in total. The molecule has 1 aromatic heterocycles. The maximum absolute atomic E-state index is 13.4. The second-order valence-electron chi connectivity index (χ2n) is 9.49. The first kappa shape index (κ1) is 22.5. The molecule has 0 saturated heterocycles. The van der Waals surface area contributed by atoms with Crippen LogP contribution in [0.2, 0.25) is 5.02 Å². The van der Waals surface area contributed by atoms with Crippen LogP contribution in [0.25, 0.3) is 11.3 Å². The number of hydrogen-bond acceptors (Lipinski definition) is 6. The molecule has 1 atom stereocenters. The Morgan fingerprint density at radius 1 is 1.12 bits per heavy atom. The first-order valence-corrected chi connectivity index (χ1v) is 13.3. The third-order valence-corrected chi connectivity index (χ3v) is 8.35. The molecule has 2 heterocycles. The van der Waals surface area contributed by atoms with E-state index in [-0.39, 0.29) is 28.4 Å². The minimum absolute atomic E-state index is 0.0571. The SMILES string of the molecule is CC(C)OC(=O)c1cc2c(n(C3CC3)c1=O)-c1cc(Cl)c(OC(C)C3CC3)cc1S(=O)(=O)C2. The predicted octanol–water partition coefficient (Wildman–Crippen LogP) is 4.53. The van der Waals surface area contributed by atoms with E-state index in [1.54, 1.807) is 24.5 Å². The summed E-state index contributed by atoms with van der Waals surface area (Å²) in [4.78, 5) is 26.1. The Kier molecular flexibility index (Phi) is 5.36. The molecule has 3 aliphatic rings. The van der Waals surface area contributed by atoms with Gasteiger partial charge in [-0.25, -0.2) is 13.2 Å². The number of nitrogens with zero attached hydrogens (tertiary/aromatic N) is 1. The van der Waals surface area contributed by atoms with E-state index in [1.807, 2.05) is 6.92 Å². The highest BCUT2D eigenvalue weighted by molar-refractivity contribution is 7.90. The van der Waals surface area contributed by atoms with Gasteiger partial charge in [0.2, 0.25) is 0 Å². The molecule has 33 heavy (non-hydrogen) atoms. The second kappa shape index (κ2) is 7.87. The standard InChI is InChI=1S/C24H26ClNO6S/c1-12(2)31-24(28)18-8-15-11-33(29,30)21-10-20(32-13(3)14-4-5-14)19(25)9-17(21)22(15)26(23(18)27)16-6-7-16/h8-10,12-14,16H,4-7,11H2,1-3H3. The van der Waals surface area contributed by atoms with Crippen molar-refractivity contribution in [1.29, 1.82) is 0 Å². The van der Waals surface area contributed by atoms with Gasteiger partial charge in [0.1, 0.15) is 11.3 Å². The number of carbonyl (C=O) groups excluding carboxylic acids is 1. The summed E-state index contributed by atoms with van der Waals surface area (Å²) in [7, 11) is -3.74. The Morgan fingerprint density at radius 2 is 1.82 bits per heavy atom. The van der Waals surface area contributed by atoms with Gasteiger partial charge >= 0.3 is 5.97 Å². The summed E-state index contributed by atoms with van der Waals surface area (Å²) in [6.45, 7) is 5.35. The first-order chi connectivity index (χ1) is 15.6. The Hall–Kier alpha value is -2.32. The molecule has 2 aromatic rings. The van der Waals surface area contributed by atoms with Gasteiger partial charge in [-0.05, 0) is 70.1 Å². The molecule has 1 aliphatic heterocycles. The minimum Gasteiger partial charge on any atom is -0.489 e. The van der Waals surface area contributed by atoms with E-state index in [1.165, 1.54) is 12.1 Å². The lowest BCUT2D eigenvalue weighted by Crippen LogP contribution is -2.32. The van der Waals surface area contributed by atoms with E-state index in [0.717, 1.165) is 25.7 Å². The number of pyridine rings is 1. The molecule has 2 aliphatic carbocycles. The van der Waals surface area contributed by atoms with Crippen LogP contribution < -0.4 is 10.3 Å². The fraction of sp³-hybridized carbons (Fsp3) is 0.500. The zero-order valence-electron chi connectivity index (χ0n) is 18.8. The number of fused-ring (bicyclic) bond motifs is 3. The quantitative estimate of drug-likeness (QED) is 0.551. The average Bonchev–Trinajstić information content (AvgIpc) is 3.60. The lowest BCUT2D eigenvalue weighted by Gasteiger charge is -2.26. The molecule has 0 N–H and O–H groups in total. The Labute approximate surface area is 197 Å². The molecule has 176 valence electrons. The molecular formula is C24H26ClNO6S. The van der Waals surface area contributed by atoms with E-state index in [0.29, 0.717) is 33.5 Å². The average molecular weight is 492 g/mol. The van der Waals surface area contributed by atoms with Crippen molar-refractivity contribution in [2.45, 2.75) is 75.4 Å². The fourth-order valence-electron chi connectivity index (χ4n) is 4.42. The molecule has 2 fully saturated rings. The number of carbonyl (C=O) groups is 1. The van der Waals surface area contributed by atoms with Gasteiger partial charge in [0, 0.05) is 17.7 Å². The van der Waals surface area contributed by atoms with Gasteiger partial charge in [-0.15, -0.1) is 0 Å². The van der Waals surface area contributed by atoms with E-state index in [9.17, 15) is 18.0 Å². The number of esters is 1. The summed E-state index contributed by atoms with van der Waals surface area (Å²) in [6, 6.07) is 4.34. The van der Waals surface area contributed by atoms with E-state index < -0.39 is 27.5 Å². The van der Waals surface area contributed by atoms with Crippen molar-refractivity contribution in [2.24, 2.45) is 5.92 Å². The van der Waals surface area contributed by atoms with Crippen LogP contribution in [0.3, 0.4) is 0 Å². The van der Waals surface area contributed by atoms with Crippen molar-refractivity contribution >= 4 is 27.4 Å². The molecule has 0 radical (unpaired) electrons. The molecule has 9 heteroatoms.